The number of anilines is 1. The van der Waals surface area contributed by atoms with Crippen LogP contribution in [-0.2, 0) is 0 Å². The first kappa shape index (κ1) is 17.3. The van der Waals surface area contributed by atoms with Crippen LogP contribution in [0.3, 0.4) is 0 Å². The van der Waals surface area contributed by atoms with Crippen molar-refractivity contribution in [1.29, 1.82) is 0 Å². The van der Waals surface area contributed by atoms with E-state index in [9.17, 15) is 4.79 Å². The molecular formula is C24H24N2O. The summed E-state index contributed by atoms with van der Waals surface area (Å²) in [4.78, 5) is 15.0. The molecule has 4 rings (SSSR count). The topological polar surface area (TPSA) is 32.3 Å². The fourth-order valence-electron chi connectivity index (χ4n) is 3.68. The van der Waals surface area contributed by atoms with E-state index in [1.807, 2.05) is 48.5 Å². The van der Waals surface area contributed by atoms with E-state index in [1.165, 1.54) is 5.69 Å². The van der Waals surface area contributed by atoms with Crippen molar-refractivity contribution in [3.05, 3.63) is 90.5 Å². The number of nitrogens with zero attached hydrogens (tertiary/aromatic N) is 1. The van der Waals surface area contributed by atoms with E-state index < -0.39 is 0 Å². The second kappa shape index (κ2) is 8.09. The number of para-hydroxylation sites is 1. The normalized spacial score (nSPS) is 16.7. The molecule has 1 saturated heterocycles. The summed E-state index contributed by atoms with van der Waals surface area (Å²) in [5.41, 5.74) is 4.23. The Morgan fingerprint density at radius 3 is 2.15 bits per heavy atom. The molecule has 1 heterocycles. The van der Waals surface area contributed by atoms with Gasteiger partial charge in [-0.15, -0.1) is 0 Å². The third-order valence-electron chi connectivity index (χ3n) is 5.13. The summed E-state index contributed by atoms with van der Waals surface area (Å²) in [5, 5.41) is 3.21. The second-order valence-corrected chi connectivity index (χ2v) is 7.04. The summed E-state index contributed by atoms with van der Waals surface area (Å²) < 4.78 is 0. The summed E-state index contributed by atoms with van der Waals surface area (Å²) in [7, 11) is 0. The van der Waals surface area contributed by atoms with E-state index in [1.54, 1.807) is 0 Å². The molecule has 0 aromatic heterocycles. The van der Waals surface area contributed by atoms with Crippen LogP contribution in [0.1, 0.15) is 23.2 Å². The van der Waals surface area contributed by atoms with E-state index in [4.69, 9.17) is 0 Å². The van der Waals surface area contributed by atoms with Crippen LogP contribution in [0.2, 0.25) is 0 Å². The van der Waals surface area contributed by atoms with Gasteiger partial charge in [0.05, 0.1) is 0 Å². The SMILES string of the molecule is O=C(N[C@H]1CCCN(c2ccccc2)C1)c1ccc(-c2ccccc2)cc1. The van der Waals surface area contributed by atoms with E-state index in [-0.39, 0.29) is 11.9 Å². The van der Waals surface area contributed by atoms with Crippen LogP contribution >= 0.6 is 0 Å². The van der Waals surface area contributed by atoms with Gasteiger partial charge in [0, 0.05) is 30.4 Å². The Bertz CT molecular complexity index is 875. The molecule has 0 radical (unpaired) electrons. The number of hydrogen-bond donors (Lipinski definition) is 1. The number of hydrogen-bond acceptors (Lipinski definition) is 2. The van der Waals surface area contributed by atoms with E-state index >= 15 is 0 Å². The zero-order chi connectivity index (χ0) is 18.5. The van der Waals surface area contributed by atoms with Crippen molar-refractivity contribution in [2.75, 3.05) is 18.0 Å². The first-order chi connectivity index (χ1) is 13.3. The lowest BCUT2D eigenvalue weighted by atomic mass is 10.0. The molecule has 0 aliphatic carbocycles. The Kier molecular flexibility index (Phi) is 5.20. The Morgan fingerprint density at radius 1 is 0.815 bits per heavy atom. The zero-order valence-electron chi connectivity index (χ0n) is 15.3. The van der Waals surface area contributed by atoms with Gasteiger partial charge in [0.25, 0.3) is 5.91 Å². The van der Waals surface area contributed by atoms with Crippen molar-refractivity contribution in [3.8, 4) is 11.1 Å². The summed E-state index contributed by atoms with van der Waals surface area (Å²) >= 11 is 0. The minimum atomic E-state index is 0.00882. The largest absolute Gasteiger partial charge is 0.369 e. The number of carbonyl (C=O) groups excluding carboxylic acids is 1. The number of nitrogens with one attached hydrogen (secondary N) is 1. The zero-order valence-corrected chi connectivity index (χ0v) is 15.3. The van der Waals surface area contributed by atoms with Gasteiger partial charge in [0.1, 0.15) is 0 Å². The predicted octanol–water partition coefficient (Wildman–Crippen LogP) is 4.75. The number of carbonyl (C=O) groups is 1. The molecule has 27 heavy (non-hydrogen) atoms. The molecule has 0 spiro atoms. The molecule has 1 fully saturated rings. The molecule has 3 aromatic carbocycles. The molecule has 0 saturated carbocycles. The number of benzene rings is 3. The number of piperidine rings is 1. The van der Waals surface area contributed by atoms with Gasteiger partial charge in [0.2, 0.25) is 0 Å². The van der Waals surface area contributed by atoms with Crippen molar-refractivity contribution in [3.63, 3.8) is 0 Å². The van der Waals surface area contributed by atoms with Crippen molar-refractivity contribution < 1.29 is 4.79 Å². The average Bonchev–Trinajstić information content (AvgIpc) is 2.75. The highest BCUT2D eigenvalue weighted by Gasteiger charge is 2.22. The van der Waals surface area contributed by atoms with E-state index in [0.29, 0.717) is 5.56 Å². The maximum absolute atomic E-state index is 12.7. The molecule has 1 atom stereocenters. The van der Waals surface area contributed by atoms with Gasteiger partial charge in [-0.2, -0.15) is 0 Å². The molecule has 0 bridgehead atoms. The van der Waals surface area contributed by atoms with Crippen LogP contribution in [0.15, 0.2) is 84.9 Å². The standard InChI is InChI=1S/C24H24N2O/c27-24(21-15-13-20(14-16-21)19-8-3-1-4-9-19)25-22-10-7-17-26(18-22)23-11-5-2-6-12-23/h1-6,8-9,11-16,22H,7,10,17-18H2,(H,25,27)/t22-/m0/s1. The van der Waals surface area contributed by atoms with Crippen LogP contribution in [-0.4, -0.2) is 25.0 Å². The molecule has 0 unspecified atom stereocenters. The van der Waals surface area contributed by atoms with Crippen LogP contribution < -0.4 is 10.2 Å². The highest BCUT2D eigenvalue weighted by atomic mass is 16.1. The summed E-state index contributed by atoms with van der Waals surface area (Å²) in [6.07, 6.45) is 2.12. The Labute approximate surface area is 160 Å². The maximum atomic E-state index is 12.7. The Morgan fingerprint density at radius 2 is 1.44 bits per heavy atom. The van der Waals surface area contributed by atoms with Gasteiger partial charge in [0.15, 0.2) is 0 Å². The number of rotatable bonds is 4. The Balaban J connectivity index is 1.40. The van der Waals surface area contributed by atoms with Crippen molar-refractivity contribution in [2.24, 2.45) is 0 Å². The fraction of sp³-hybridized carbons (Fsp3) is 0.208. The van der Waals surface area contributed by atoms with Gasteiger partial charge in [-0.3, -0.25) is 4.79 Å². The molecule has 1 aliphatic rings. The highest BCUT2D eigenvalue weighted by Crippen LogP contribution is 2.21. The lowest BCUT2D eigenvalue weighted by Crippen LogP contribution is -2.47. The minimum Gasteiger partial charge on any atom is -0.369 e. The second-order valence-electron chi connectivity index (χ2n) is 7.04. The van der Waals surface area contributed by atoms with Crippen LogP contribution in [0.4, 0.5) is 5.69 Å². The van der Waals surface area contributed by atoms with Gasteiger partial charge >= 0.3 is 0 Å². The van der Waals surface area contributed by atoms with Gasteiger partial charge in [-0.1, -0.05) is 60.7 Å². The molecule has 1 amide bonds. The minimum absolute atomic E-state index is 0.00882. The lowest BCUT2D eigenvalue weighted by molar-refractivity contribution is 0.0933. The lowest BCUT2D eigenvalue weighted by Gasteiger charge is -2.34. The van der Waals surface area contributed by atoms with Crippen molar-refractivity contribution in [2.45, 2.75) is 18.9 Å². The molecule has 3 aromatic rings. The van der Waals surface area contributed by atoms with Crippen molar-refractivity contribution in [1.82, 2.24) is 5.32 Å². The average molecular weight is 356 g/mol. The third kappa shape index (κ3) is 4.20. The summed E-state index contributed by atoms with van der Waals surface area (Å²) in [6.45, 7) is 1.90. The summed E-state index contributed by atoms with van der Waals surface area (Å²) in [5.74, 6) is 0.00882. The molecule has 1 N–H and O–H groups in total. The quantitative estimate of drug-likeness (QED) is 0.731. The number of amides is 1. The monoisotopic (exact) mass is 356 g/mol. The third-order valence-corrected chi connectivity index (χ3v) is 5.13. The first-order valence-electron chi connectivity index (χ1n) is 9.56. The smallest absolute Gasteiger partial charge is 0.251 e. The van der Waals surface area contributed by atoms with Gasteiger partial charge < -0.3 is 10.2 Å². The summed E-state index contributed by atoms with van der Waals surface area (Å²) in [6, 6.07) is 28.7. The van der Waals surface area contributed by atoms with Crippen LogP contribution in [0, 0.1) is 0 Å². The Hall–Kier alpha value is -3.07. The van der Waals surface area contributed by atoms with Crippen LogP contribution in [0.5, 0.6) is 0 Å². The van der Waals surface area contributed by atoms with Crippen molar-refractivity contribution >= 4 is 11.6 Å². The molecule has 1 aliphatic heterocycles. The van der Waals surface area contributed by atoms with Crippen LogP contribution in [0.25, 0.3) is 11.1 Å². The van der Waals surface area contributed by atoms with Gasteiger partial charge in [-0.05, 0) is 48.2 Å². The fourth-order valence-corrected chi connectivity index (χ4v) is 3.68. The van der Waals surface area contributed by atoms with Gasteiger partial charge in [-0.25, -0.2) is 0 Å². The van der Waals surface area contributed by atoms with E-state index in [2.05, 4.69) is 46.6 Å². The predicted molar refractivity (Wildman–Crippen MR) is 111 cm³/mol. The first-order valence-corrected chi connectivity index (χ1v) is 9.56. The molecule has 3 nitrogen and oxygen atoms in total. The maximum Gasteiger partial charge on any atom is 0.251 e. The molecule has 136 valence electrons. The highest BCUT2D eigenvalue weighted by molar-refractivity contribution is 5.95. The molecule has 3 heteroatoms. The van der Waals surface area contributed by atoms with E-state index in [0.717, 1.165) is 37.1 Å². The molecular weight excluding hydrogens is 332 g/mol.